The zero-order valence-electron chi connectivity index (χ0n) is 8.75. The summed E-state index contributed by atoms with van der Waals surface area (Å²) in [5.74, 6) is 0. The molecule has 1 aromatic carbocycles. The Morgan fingerprint density at radius 3 is 2.93 bits per heavy atom. The summed E-state index contributed by atoms with van der Waals surface area (Å²) in [6.07, 6.45) is 2.56. The smallest absolute Gasteiger partial charge is 0.0487 e. The van der Waals surface area contributed by atoms with Gasteiger partial charge in [0.1, 0.15) is 0 Å². The van der Waals surface area contributed by atoms with Gasteiger partial charge in [0.05, 0.1) is 0 Å². The summed E-state index contributed by atoms with van der Waals surface area (Å²) in [6, 6.07) is 9.44. The maximum Gasteiger partial charge on any atom is 0.0487 e. The molecule has 0 saturated heterocycles. The molecule has 0 fully saturated rings. The Kier molecular flexibility index (Phi) is 1.52. The van der Waals surface area contributed by atoms with Gasteiger partial charge in [-0.15, -0.1) is 0 Å². The highest BCUT2D eigenvalue weighted by molar-refractivity contribution is 5.85. The zero-order chi connectivity index (χ0) is 9.71. The normalized spacial score (nSPS) is 20.3. The van der Waals surface area contributed by atoms with E-state index in [0.29, 0.717) is 6.04 Å². The standard InChI is InChI=1S/C13H15N/c1-9-7-8-12-10(2)11-5-3-4-6-13(11)14(9)12/h3-6,9H,7-8H2,1-2H3. The molecule has 0 amide bonds. The number of aryl methyl sites for hydroxylation is 1. The van der Waals surface area contributed by atoms with E-state index >= 15 is 0 Å². The van der Waals surface area contributed by atoms with Crippen LogP contribution < -0.4 is 0 Å². The maximum absolute atomic E-state index is 2.52. The average Bonchev–Trinajstić information content (AvgIpc) is 2.70. The van der Waals surface area contributed by atoms with Gasteiger partial charge in [-0.1, -0.05) is 18.2 Å². The first-order chi connectivity index (χ1) is 6.79. The Morgan fingerprint density at radius 1 is 1.29 bits per heavy atom. The van der Waals surface area contributed by atoms with Crippen LogP contribution in [0.4, 0.5) is 0 Å². The minimum atomic E-state index is 0.684. The first-order valence-corrected chi connectivity index (χ1v) is 5.37. The lowest BCUT2D eigenvalue weighted by Gasteiger charge is -2.07. The highest BCUT2D eigenvalue weighted by Crippen LogP contribution is 2.35. The van der Waals surface area contributed by atoms with Crippen LogP contribution in [-0.2, 0) is 6.42 Å². The third kappa shape index (κ3) is 0.848. The fourth-order valence-electron chi connectivity index (χ4n) is 2.77. The molecule has 1 atom stereocenters. The fourth-order valence-corrected chi connectivity index (χ4v) is 2.77. The van der Waals surface area contributed by atoms with Crippen LogP contribution in [0.2, 0.25) is 0 Å². The van der Waals surface area contributed by atoms with Gasteiger partial charge in [0, 0.05) is 22.6 Å². The number of benzene rings is 1. The molecule has 0 saturated carbocycles. The summed E-state index contributed by atoms with van der Waals surface area (Å²) in [6.45, 7) is 4.58. The molecule has 1 unspecified atom stereocenters. The van der Waals surface area contributed by atoms with Crippen LogP contribution in [0.25, 0.3) is 10.9 Å². The van der Waals surface area contributed by atoms with Crippen molar-refractivity contribution in [3.8, 4) is 0 Å². The number of aromatic nitrogens is 1. The van der Waals surface area contributed by atoms with Crippen molar-refractivity contribution in [1.29, 1.82) is 0 Å². The van der Waals surface area contributed by atoms with Gasteiger partial charge in [-0.2, -0.15) is 0 Å². The van der Waals surface area contributed by atoms with Crippen molar-refractivity contribution >= 4 is 10.9 Å². The summed E-state index contributed by atoms with van der Waals surface area (Å²) < 4.78 is 2.52. The van der Waals surface area contributed by atoms with Gasteiger partial charge in [-0.05, 0) is 38.3 Å². The van der Waals surface area contributed by atoms with Crippen molar-refractivity contribution < 1.29 is 0 Å². The molecule has 2 aromatic rings. The molecule has 0 aliphatic carbocycles. The Labute approximate surface area is 84.4 Å². The largest absolute Gasteiger partial charge is 0.342 e. The van der Waals surface area contributed by atoms with Crippen LogP contribution in [0.15, 0.2) is 24.3 Å². The molecule has 1 aliphatic rings. The monoisotopic (exact) mass is 185 g/mol. The van der Waals surface area contributed by atoms with Crippen molar-refractivity contribution in [2.75, 3.05) is 0 Å². The van der Waals surface area contributed by atoms with Crippen LogP contribution in [0.3, 0.4) is 0 Å². The lowest BCUT2D eigenvalue weighted by molar-refractivity contribution is 0.596. The van der Waals surface area contributed by atoms with E-state index in [1.807, 2.05) is 0 Å². The quantitative estimate of drug-likeness (QED) is 0.592. The summed E-state index contributed by atoms with van der Waals surface area (Å²) >= 11 is 0. The van der Waals surface area contributed by atoms with Crippen LogP contribution in [0.5, 0.6) is 0 Å². The number of rotatable bonds is 0. The van der Waals surface area contributed by atoms with E-state index in [1.165, 1.54) is 29.3 Å². The molecule has 1 aliphatic heterocycles. The molecule has 1 heteroatoms. The van der Waals surface area contributed by atoms with Crippen LogP contribution in [0.1, 0.15) is 30.6 Å². The molecule has 72 valence electrons. The number of fused-ring (bicyclic) bond motifs is 3. The molecule has 0 radical (unpaired) electrons. The van der Waals surface area contributed by atoms with Gasteiger partial charge in [-0.25, -0.2) is 0 Å². The molecular formula is C13H15N. The van der Waals surface area contributed by atoms with Gasteiger partial charge in [0.2, 0.25) is 0 Å². The predicted octanol–water partition coefficient (Wildman–Crippen LogP) is 3.46. The summed E-state index contributed by atoms with van der Waals surface area (Å²) in [5, 5.41) is 1.44. The lowest BCUT2D eigenvalue weighted by atomic mass is 10.1. The van der Waals surface area contributed by atoms with Gasteiger partial charge in [-0.3, -0.25) is 0 Å². The van der Waals surface area contributed by atoms with E-state index in [2.05, 4.69) is 42.7 Å². The summed E-state index contributed by atoms with van der Waals surface area (Å²) in [5.41, 5.74) is 4.47. The third-order valence-electron chi connectivity index (χ3n) is 3.53. The Hall–Kier alpha value is -1.24. The molecule has 0 N–H and O–H groups in total. The molecule has 1 aromatic heterocycles. The van der Waals surface area contributed by atoms with Gasteiger partial charge >= 0.3 is 0 Å². The second-order valence-electron chi connectivity index (χ2n) is 4.35. The number of nitrogens with zero attached hydrogens (tertiary/aromatic N) is 1. The second kappa shape index (κ2) is 2.63. The summed E-state index contributed by atoms with van der Waals surface area (Å²) in [4.78, 5) is 0. The predicted molar refractivity (Wildman–Crippen MR) is 59.7 cm³/mol. The SMILES string of the molecule is Cc1c2n(c3ccccc13)C(C)CC2. The van der Waals surface area contributed by atoms with Crippen LogP contribution >= 0.6 is 0 Å². The van der Waals surface area contributed by atoms with Crippen LogP contribution in [-0.4, -0.2) is 4.57 Å². The molecule has 0 bridgehead atoms. The second-order valence-corrected chi connectivity index (χ2v) is 4.35. The van der Waals surface area contributed by atoms with Crippen molar-refractivity contribution in [2.45, 2.75) is 32.7 Å². The fraction of sp³-hybridized carbons (Fsp3) is 0.385. The molecule has 3 rings (SSSR count). The highest BCUT2D eigenvalue weighted by Gasteiger charge is 2.23. The lowest BCUT2D eigenvalue weighted by Crippen LogP contribution is -1.97. The van der Waals surface area contributed by atoms with Crippen molar-refractivity contribution in [3.05, 3.63) is 35.5 Å². The van der Waals surface area contributed by atoms with E-state index in [1.54, 1.807) is 5.69 Å². The first-order valence-electron chi connectivity index (χ1n) is 5.37. The van der Waals surface area contributed by atoms with Gasteiger partial charge in [0.25, 0.3) is 0 Å². The number of hydrogen-bond donors (Lipinski definition) is 0. The van der Waals surface area contributed by atoms with Gasteiger partial charge < -0.3 is 4.57 Å². The van der Waals surface area contributed by atoms with Crippen LogP contribution in [0, 0.1) is 6.92 Å². The maximum atomic E-state index is 2.52. The molecule has 2 heterocycles. The summed E-state index contributed by atoms with van der Waals surface area (Å²) in [7, 11) is 0. The Bertz CT molecular complexity index is 493. The van der Waals surface area contributed by atoms with E-state index in [-0.39, 0.29) is 0 Å². The van der Waals surface area contributed by atoms with Crippen molar-refractivity contribution in [1.82, 2.24) is 4.57 Å². The molecular weight excluding hydrogens is 170 g/mol. The van der Waals surface area contributed by atoms with Crippen molar-refractivity contribution in [3.63, 3.8) is 0 Å². The molecule has 1 nitrogen and oxygen atoms in total. The molecule has 0 spiro atoms. The highest BCUT2D eigenvalue weighted by atomic mass is 15.0. The Morgan fingerprint density at radius 2 is 2.07 bits per heavy atom. The first kappa shape index (κ1) is 8.10. The van der Waals surface area contributed by atoms with E-state index in [4.69, 9.17) is 0 Å². The van der Waals surface area contributed by atoms with Gasteiger partial charge in [0.15, 0.2) is 0 Å². The van der Waals surface area contributed by atoms with E-state index in [0.717, 1.165) is 0 Å². The zero-order valence-corrected chi connectivity index (χ0v) is 8.75. The topological polar surface area (TPSA) is 4.93 Å². The number of para-hydroxylation sites is 1. The van der Waals surface area contributed by atoms with E-state index < -0.39 is 0 Å². The average molecular weight is 185 g/mol. The minimum absolute atomic E-state index is 0.684. The van der Waals surface area contributed by atoms with E-state index in [9.17, 15) is 0 Å². The third-order valence-corrected chi connectivity index (χ3v) is 3.53. The minimum Gasteiger partial charge on any atom is -0.342 e. The van der Waals surface area contributed by atoms with Crippen molar-refractivity contribution in [2.24, 2.45) is 0 Å². The number of hydrogen-bond acceptors (Lipinski definition) is 0. The molecule has 14 heavy (non-hydrogen) atoms. The Balaban J connectivity index is 2.46.